The number of carbonyl (C=O) groups is 1. The molecule has 1 aliphatic heterocycles. The van der Waals surface area contributed by atoms with E-state index >= 15 is 0 Å². The first-order valence-electron chi connectivity index (χ1n) is 11.2. The molecule has 0 aliphatic carbocycles. The zero-order valence-corrected chi connectivity index (χ0v) is 19.5. The fraction of sp³-hybridized carbons (Fsp3) is 0.385. The third-order valence-electron chi connectivity index (χ3n) is 6.14. The van der Waals surface area contributed by atoms with Gasteiger partial charge in [0.25, 0.3) is 5.91 Å². The lowest BCUT2D eigenvalue weighted by molar-refractivity contribution is -0.858. The number of quaternary nitrogens is 1. The number of nitrogens with zero attached hydrogens (tertiary/aromatic N) is 1. The van der Waals surface area contributed by atoms with Gasteiger partial charge in [0, 0.05) is 13.0 Å². The molecule has 168 valence electrons. The van der Waals surface area contributed by atoms with E-state index < -0.39 is 6.04 Å². The number of aryl methyl sites for hydroxylation is 2. The van der Waals surface area contributed by atoms with Crippen molar-refractivity contribution in [3.63, 3.8) is 0 Å². The molecule has 0 fully saturated rings. The summed E-state index contributed by atoms with van der Waals surface area (Å²) in [5, 5.41) is 0.519. The van der Waals surface area contributed by atoms with Crippen molar-refractivity contribution in [1.82, 2.24) is 4.90 Å². The summed E-state index contributed by atoms with van der Waals surface area (Å²) in [6, 6.07) is 10.9. The average Bonchev–Trinajstić information content (AvgIpc) is 3.02. The molecule has 1 aromatic heterocycles. The minimum atomic E-state index is -0.489. The van der Waals surface area contributed by atoms with Gasteiger partial charge in [-0.05, 0) is 61.7 Å². The van der Waals surface area contributed by atoms with Gasteiger partial charge in [0.2, 0.25) is 5.76 Å². The standard InChI is InChI=1S/C26H30N2O4/c1-6-31-19-10-7-9-18(15-19)23-22-24(29)20-13-16(2)17(3)14-21(20)32-25(22)26(30)28(23)12-8-11-27(4)5/h7,9-10,13-15,23H,6,8,11-12H2,1-5H3/p+1. The molecule has 0 saturated heterocycles. The van der Waals surface area contributed by atoms with Crippen molar-refractivity contribution in [2.45, 2.75) is 33.2 Å². The van der Waals surface area contributed by atoms with E-state index in [2.05, 4.69) is 14.1 Å². The van der Waals surface area contributed by atoms with E-state index in [-0.39, 0.29) is 17.1 Å². The number of fused-ring (bicyclic) bond motifs is 2. The molecular formula is C26H31N2O4+. The highest BCUT2D eigenvalue weighted by Crippen LogP contribution is 2.39. The molecule has 1 unspecified atom stereocenters. The van der Waals surface area contributed by atoms with Crippen LogP contribution in [0.15, 0.2) is 45.6 Å². The molecule has 6 heteroatoms. The van der Waals surface area contributed by atoms with Crippen LogP contribution in [0.5, 0.6) is 5.75 Å². The van der Waals surface area contributed by atoms with Gasteiger partial charge in [0.1, 0.15) is 11.3 Å². The van der Waals surface area contributed by atoms with Crippen molar-refractivity contribution in [1.29, 1.82) is 0 Å². The molecule has 1 aliphatic rings. The second kappa shape index (κ2) is 8.79. The van der Waals surface area contributed by atoms with Crippen LogP contribution < -0.4 is 15.1 Å². The Labute approximate surface area is 188 Å². The van der Waals surface area contributed by atoms with Crippen molar-refractivity contribution >= 4 is 16.9 Å². The summed E-state index contributed by atoms with van der Waals surface area (Å²) in [7, 11) is 4.18. The first kappa shape index (κ1) is 22.1. The lowest BCUT2D eigenvalue weighted by Gasteiger charge is -2.25. The number of ether oxygens (including phenoxy) is 1. The first-order valence-corrected chi connectivity index (χ1v) is 11.2. The highest BCUT2D eigenvalue weighted by atomic mass is 16.5. The number of rotatable bonds is 7. The van der Waals surface area contributed by atoms with Crippen molar-refractivity contribution in [2.75, 3.05) is 33.8 Å². The van der Waals surface area contributed by atoms with Crippen LogP contribution in [-0.2, 0) is 0 Å². The largest absolute Gasteiger partial charge is 0.494 e. The number of carbonyl (C=O) groups excluding carboxylic acids is 1. The van der Waals surface area contributed by atoms with Crippen molar-refractivity contribution in [2.24, 2.45) is 0 Å². The zero-order chi connectivity index (χ0) is 23.0. The van der Waals surface area contributed by atoms with Crippen LogP contribution in [0, 0.1) is 13.8 Å². The van der Waals surface area contributed by atoms with Gasteiger partial charge < -0.3 is 19.0 Å². The Bertz CT molecular complexity index is 1230. The lowest BCUT2D eigenvalue weighted by Crippen LogP contribution is -3.05. The van der Waals surface area contributed by atoms with E-state index in [1.165, 1.54) is 4.90 Å². The van der Waals surface area contributed by atoms with E-state index in [0.29, 0.717) is 29.7 Å². The smallest absolute Gasteiger partial charge is 0.290 e. The normalized spacial score (nSPS) is 15.6. The number of benzene rings is 2. The maximum atomic E-state index is 13.7. The summed E-state index contributed by atoms with van der Waals surface area (Å²) in [4.78, 5) is 30.2. The molecule has 2 aromatic carbocycles. The summed E-state index contributed by atoms with van der Waals surface area (Å²) in [5.41, 5.74) is 3.66. The second-order valence-electron chi connectivity index (χ2n) is 8.82. The molecule has 1 amide bonds. The van der Waals surface area contributed by atoms with Crippen molar-refractivity contribution in [3.05, 3.63) is 74.6 Å². The maximum Gasteiger partial charge on any atom is 0.290 e. The Morgan fingerprint density at radius 3 is 2.56 bits per heavy atom. The highest BCUT2D eigenvalue weighted by Gasteiger charge is 2.42. The number of hydrogen-bond donors (Lipinski definition) is 1. The molecule has 3 aromatic rings. The van der Waals surface area contributed by atoms with Gasteiger partial charge in [-0.3, -0.25) is 9.59 Å². The lowest BCUT2D eigenvalue weighted by atomic mass is 9.97. The highest BCUT2D eigenvalue weighted by molar-refractivity contribution is 5.99. The fourth-order valence-electron chi connectivity index (χ4n) is 4.40. The van der Waals surface area contributed by atoms with Crippen LogP contribution >= 0.6 is 0 Å². The van der Waals surface area contributed by atoms with Gasteiger partial charge in [-0.1, -0.05) is 12.1 Å². The Balaban J connectivity index is 1.89. The van der Waals surface area contributed by atoms with Gasteiger partial charge in [0.15, 0.2) is 5.43 Å². The molecule has 1 N–H and O–H groups in total. The van der Waals surface area contributed by atoms with Crippen LogP contribution in [0.3, 0.4) is 0 Å². The van der Waals surface area contributed by atoms with Crippen LogP contribution in [0.2, 0.25) is 0 Å². The summed E-state index contributed by atoms with van der Waals surface area (Å²) >= 11 is 0. The molecule has 0 saturated carbocycles. The SMILES string of the molecule is CCOc1cccc(C2c3c(oc4cc(C)c(C)cc4c3=O)C(=O)N2CCC[NH+](C)C)c1. The topological polar surface area (TPSA) is 64.2 Å². The summed E-state index contributed by atoms with van der Waals surface area (Å²) in [6.07, 6.45) is 0.829. The third kappa shape index (κ3) is 3.91. The predicted molar refractivity (Wildman–Crippen MR) is 125 cm³/mol. The Morgan fingerprint density at radius 1 is 1.09 bits per heavy atom. The summed E-state index contributed by atoms with van der Waals surface area (Å²) in [5.74, 6) is 0.660. The van der Waals surface area contributed by atoms with E-state index in [1.54, 1.807) is 4.90 Å². The molecule has 6 nitrogen and oxygen atoms in total. The molecule has 2 heterocycles. The van der Waals surface area contributed by atoms with Gasteiger partial charge in [-0.15, -0.1) is 0 Å². The van der Waals surface area contributed by atoms with Crippen LogP contribution in [0.1, 0.15) is 52.2 Å². The monoisotopic (exact) mass is 435 g/mol. The quantitative estimate of drug-likeness (QED) is 0.620. The number of nitrogens with one attached hydrogen (secondary N) is 1. The summed E-state index contributed by atoms with van der Waals surface area (Å²) in [6.45, 7) is 7.90. The minimum Gasteiger partial charge on any atom is -0.494 e. The minimum absolute atomic E-state index is 0.134. The van der Waals surface area contributed by atoms with Crippen molar-refractivity contribution in [3.8, 4) is 5.75 Å². The molecule has 1 atom stereocenters. The Hall–Kier alpha value is -3.12. The predicted octanol–water partition coefficient (Wildman–Crippen LogP) is 2.89. The second-order valence-corrected chi connectivity index (χ2v) is 8.82. The van der Waals surface area contributed by atoms with Gasteiger partial charge in [-0.25, -0.2) is 0 Å². The maximum absolute atomic E-state index is 13.7. The van der Waals surface area contributed by atoms with E-state index in [9.17, 15) is 9.59 Å². The van der Waals surface area contributed by atoms with Gasteiger partial charge in [0.05, 0.1) is 44.2 Å². The summed E-state index contributed by atoms with van der Waals surface area (Å²) < 4.78 is 11.8. The molecule has 0 radical (unpaired) electrons. The number of hydrogen-bond acceptors (Lipinski definition) is 4. The molecule has 32 heavy (non-hydrogen) atoms. The van der Waals surface area contributed by atoms with E-state index in [4.69, 9.17) is 9.15 Å². The zero-order valence-electron chi connectivity index (χ0n) is 19.5. The Kier molecular flexibility index (Phi) is 6.07. The molecule has 4 rings (SSSR count). The van der Waals surface area contributed by atoms with Gasteiger partial charge >= 0.3 is 0 Å². The van der Waals surface area contributed by atoms with Crippen LogP contribution in [0.4, 0.5) is 0 Å². The van der Waals surface area contributed by atoms with Crippen LogP contribution in [0.25, 0.3) is 11.0 Å². The van der Waals surface area contributed by atoms with Crippen LogP contribution in [-0.4, -0.2) is 44.6 Å². The van der Waals surface area contributed by atoms with E-state index in [0.717, 1.165) is 35.4 Å². The molecule has 0 bridgehead atoms. The average molecular weight is 436 g/mol. The molecule has 0 spiro atoms. The van der Waals surface area contributed by atoms with Gasteiger partial charge in [-0.2, -0.15) is 0 Å². The Morgan fingerprint density at radius 2 is 1.84 bits per heavy atom. The van der Waals surface area contributed by atoms with E-state index in [1.807, 2.05) is 57.2 Å². The van der Waals surface area contributed by atoms with Crippen molar-refractivity contribution < 1.29 is 18.8 Å². The third-order valence-corrected chi connectivity index (χ3v) is 6.14. The number of amides is 1. The fourth-order valence-corrected chi connectivity index (χ4v) is 4.40. The first-order chi connectivity index (χ1) is 15.3. The molecular weight excluding hydrogens is 404 g/mol.